The average molecular weight is 507 g/mol. The van der Waals surface area contributed by atoms with Gasteiger partial charge in [0.2, 0.25) is 0 Å². The van der Waals surface area contributed by atoms with Gasteiger partial charge in [0.1, 0.15) is 4.88 Å². The van der Waals surface area contributed by atoms with Crippen LogP contribution in [0.4, 0.5) is 0 Å². The number of aryl methyl sites for hydroxylation is 1. The lowest BCUT2D eigenvalue weighted by Gasteiger charge is -2.32. The molecule has 1 fully saturated rings. The number of amides is 1. The van der Waals surface area contributed by atoms with E-state index in [0.717, 1.165) is 30.0 Å². The molecule has 0 bridgehead atoms. The first-order chi connectivity index (χ1) is 12.5. The summed E-state index contributed by atoms with van der Waals surface area (Å²) in [4.78, 5) is 21.5. The summed E-state index contributed by atoms with van der Waals surface area (Å²) in [6.07, 6.45) is 4.99. The van der Waals surface area contributed by atoms with Crippen molar-refractivity contribution >= 4 is 47.2 Å². The van der Waals surface area contributed by atoms with Crippen molar-refractivity contribution in [3.63, 3.8) is 0 Å². The van der Waals surface area contributed by atoms with Crippen LogP contribution in [0.15, 0.2) is 10.5 Å². The van der Waals surface area contributed by atoms with Crippen LogP contribution in [0, 0.1) is 18.8 Å². The second-order valence-electron chi connectivity index (χ2n) is 7.28. The van der Waals surface area contributed by atoms with E-state index >= 15 is 0 Å². The van der Waals surface area contributed by atoms with E-state index in [1.165, 1.54) is 37.0 Å². The van der Waals surface area contributed by atoms with Gasteiger partial charge in [-0.2, -0.15) is 0 Å². The molecule has 0 radical (unpaired) electrons. The zero-order chi connectivity index (χ0) is 18.9. The molecule has 0 aliphatic heterocycles. The van der Waals surface area contributed by atoms with Crippen molar-refractivity contribution in [3.05, 3.63) is 16.1 Å². The number of nitrogens with zero attached hydrogens (tertiary/aromatic N) is 2. The Labute approximate surface area is 184 Å². The number of guanidine groups is 1. The maximum atomic E-state index is 12.1. The molecule has 154 valence electrons. The lowest BCUT2D eigenvalue weighted by atomic mass is 9.80. The van der Waals surface area contributed by atoms with Crippen LogP contribution in [0.3, 0.4) is 0 Å². The first-order valence-electron chi connectivity index (χ1n) is 9.74. The van der Waals surface area contributed by atoms with Gasteiger partial charge in [0.05, 0.1) is 17.7 Å². The van der Waals surface area contributed by atoms with Gasteiger partial charge in [-0.25, -0.2) is 4.98 Å². The maximum absolute atomic E-state index is 12.1. The first kappa shape index (κ1) is 24.1. The van der Waals surface area contributed by atoms with Crippen LogP contribution in [-0.2, 0) is 0 Å². The van der Waals surface area contributed by atoms with Crippen molar-refractivity contribution in [2.75, 3.05) is 19.6 Å². The number of rotatable bonds is 7. The highest BCUT2D eigenvalue weighted by Gasteiger charge is 2.23. The number of thiazole rings is 1. The molecule has 1 heterocycles. The zero-order valence-electron chi connectivity index (χ0n) is 16.9. The number of aliphatic imine (C=N–C) groups is 1. The largest absolute Gasteiger partial charge is 0.357 e. The molecule has 1 aliphatic rings. The molecule has 0 atom stereocenters. The number of hydrogen-bond acceptors (Lipinski definition) is 4. The Morgan fingerprint density at radius 1 is 1.30 bits per heavy atom. The molecule has 0 spiro atoms. The normalized spacial score (nSPS) is 20.1. The third-order valence-corrected chi connectivity index (χ3v) is 5.95. The Hall–Kier alpha value is -0.900. The van der Waals surface area contributed by atoms with E-state index in [9.17, 15) is 4.79 Å². The monoisotopic (exact) mass is 507 g/mol. The fourth-order valence-electron chi connectivity index (χ4n) is 3.38. The van der Waals surface area contributed by atoms with Gasteiger partial charge in [0.25, 0.3) is 5.91 Å². The van der Waals surface area contributed by atoms with Crippen molar-refractivity contribution in [1.29, 1.82) is 0 Å². The summed E-state index contributed by atoms with van der Waals surface area (Å²) in [6.45, 7) is 10.5. The minimum Gasteiger partial charge on any atom is -0.357 e. The summed E-state index contributed by atoms with van der Waals surface area (Å²) in [5.74, 6) is 2.43. The van der Waals surface area contributed by atoms with Gasteiger partial charge in [-0.1, -0.05) is 13.8 Å². The summed E-state index contributed by atoms with van der Waals surface area (Å²) in [5.41, 5.74) is 2.48. The molecule has 6 nitrogen and oxygen atoms in total. The Morgan fingerprint density at radius 3 is 2.56 bits per heavy atom. The minimum absolute atomic E-state index is 0. The van der Waals surface area contributed by atoms with Gasteiger partial charge >= 0.3 is 0 Å². The fraction of sp³-hybridized carbons (Fsp3) is 0.737. The molecule has 2 rings (SSSR count). The third-order valence-electron chi connectivity index (χ3n) is 5.02. The summed E-state index contributed by atoms with van der Waals surface area (Å²) in [6, 6.07) is 0.497. The van der Waals surface area contributed by atoms with Gasteiger partial charge in [-0.05, 0) is 51.4 Å². The quantitative estimate of drug-likeness (QED) is 0.228. The predicted octanol–water partition coefficient (Wildman–Crippen LogP) is 3.57. The Morgan fingerprint density at radius 2 is 2.00 bits per heavy atom. The van der Waals surface area contributed by atoms with Crippen LogP contribution in [0.25, 0.3) is 0 Å². The number of halogens is 1. The van der Waals surface area contributed by atoms with E-state index in [0.29, 0.717) is 24.0 Å². The Bertz CT molecular complexity index is 597. The van der Waals surface area contributed by atoms with Gasteiger partial charge in [0, 0.05) is 19.1 Å². The van der Waals surface area contributed by atoms with Gasteiger partial charge in [0.15, 0.2) is 5.96 Å². The van der Waals surface area contributed by atoms with E-state index in [-0.39, 0.29) is 29.9 Å². The second kappa shape index (κ2) is 12.5. The van der Waals surface area contributed by atoms with Crippen molar-refractivity contribution in [2.45, 2.75) is 59.4 Å². The lowest BCUT2D eigenvalue weighted by molar-refractivity contribution is 0.0958. The Kier molecular flexibility index (Phi) is 11.2. The molecule has 0 unspecified atom stereocenters. The van der Waals surface area contributed by atoms with Crippen molar-refractivity contribution in [2.24, 2.45) is 16.8 Å². The fourth-order valence-corrected chi connectivity index (χ4v) is 4.10. The van der Waals surface area contributed by atoms with E-state index in [1.807, 2.05) is 6.92 Å². The molecule has 1 aromatic heterocycles. The maximum Gasteiger partial charge on any atom is 0.263 e. The molecular weight excluding hydrogens is 473 g/mol. The van der Waals surface area contributed by atoms with Crippen LogP contribution < -0.4 is 16.0 Å². The van der Waals surface area contributed by atoms with Gasteiger partial charge in [-0.15, -0.1) is 35.3 Å². The van der Waals surface area contributed by atoms with Gasteiger partial charge in [-0.3, -0.25) is 9.79 Å². The number of carbonyl (C=O) groups is 1. The molecule has 8 heteroatoms. The number of nitrogens with one attached hydrogen (secondary N) is 3. The molecule has 0 saturated heterocycles. The van der Waals surface area contributed by atoms with Crippen LogP contribution in [0.1, 0.15) is 61.8 Å². The molecule has 1 aliphatic carbocycles. The summed E-state index contributed by atoms with van der Waals surface area (Å²) >= 11 is 1.37. The van der Waals surface area contributed by atoms with Crippen LogP contribution in [-0.4, -0.2) is 42.5 Å². The molecular formula is C19H34IN5OS. The lowest BCUT2D eigenvalue weighted by Crippen LogP contribution is -2.45. The van der Waals surface area contributed by atoms with E-state index in [1.54, 1.807) is 5.51 Å². The molecule has 1 saturated carbocycles. The van der Waals surface area contributed by atoms with E-state index in [4.69, 9.17) is 0 Å². The van der Waals surface area contributed by atoms with Crippen molar-refractivity contribution in [3.8, 4) is 0 Å². The highest BCUT2D eigenvalue weighted by molar-refractivity contribution is 14.0. The van der Waals surface area contributed by atoms with Crippen LogP contribution in [0.2, 0.25) is 0 Å². The van der Waals surface area contributed by atoms with Gasteiger partial charge < -0.3 is 16.0 Å². The molecule has 3 N–H and O–H groups in total. The number of carbonyl (C=O) groups excluding carboxylic acids is 1. The summed E-state index contributed by atoms with van der Waals surface area (Å²) in [7, 11) is 0. The highest BCUT2D eigenvalue weighted by atomic mass is 127. The summed E-state index contributed by atoms with van der Waals surface area (Å²) < 4.78 is 0. The second-order valence-corrected chi connectivity index (χ2v) is 8.14. The third kappa shape index (κ3) is 7.93. The van der Waals surface area contributed by atoms with E-state index in [2.05, 4.69) is 46.7 Å². The first-order valence-corrected chi connectivity index (χ1v) is 10.6. The van der Waals surface area contributed by atoms with Crippen LogP contribution >= 0.6 is 35.3 Å². The topological polar surface area (TPSA) is 78.4 Å². The van der Waals surface area contributed by atoms with Crippen molar-refractivity contribution < 1.29 is 4.79 Å². The number of hydrogen-bond donors (Lipinski definition) is 3. The molecule has 0 aromatic carbocycles. The van der Waals surface area contributed by atoms with E-state index < -0.39 is 0 Å². The zero-order valence-corrected chi connectivity index (χ0v) is 20.0. The minimum atomic E-state index is -0.0647. The highest BCUT2D eigenvalue weighted by Crippen LogP contribution is 2.29. The van der Waals surface area contributed by atoms with Crippen molar-refractivity contribution in [1.82, 2.24) is 20.9 Å². The average Bonchev–Trinajstić information content (AvgIpc) is 3.05. The molecule has 1 aromatic rings. The smallest absolute Gasteiger partial charge is 0.263 e. The summed E-state index contributed by atoms with van der Waals surface area (Å²) in [5, 5.41) is 9.78. The van der Waals surface area contributed by atoms with Crippen LogP contribution in [0.5, 0.6) is 0 Å². The Balaban J connectivity index is 0.00000364. The number of aromatic nitrogens is 1. The molecule has 27 heavy (non-hydrogen) atoms. The predicted molar refractivity (Wildman–Crippen MR) is 124 cm³/mol. The standard InChI is InChI=1S/C19H33N5OS.HI/c1-5-20-19(24-16-8-6-15(7-9-16)13(2)3)22-11-10-21-18(25)17-14(4)23-12-26-17;/h12-13,15-16H,5-11H2,1-4H3,(H,21,25)(H2,20,22,24);1H. The SMILES string of the molecule is CCNC(=NCCNC(=O)c1scnc1C)NC1CCC(C(C)C)CC1.I. The molecule has 1 amide bonds.